The van der Waals surface area contributed by atoms with Gasteiger partial charge in [0.05, 0.1) is 17.7 Å². The minimum Gasteiger partial charge on any atom is -0.497 e. The monoisotopic (exact) mass is 657 g/mol. The summed E-state index contributed by atoms with van der Waals surface area (Å²) in [6.07, 6.45) is 4.02. The minimum absolute atomic E-state index is 0.0169. The van der Waals surface area contributed by atoms with Crippen LogP contribution in [0.4, 0.5) is 10.1 Å². The first-order valence-electron chi connectivity index (χ1n) is 15.8. The van der Waals surface area contributed by atoms with Crippen molar-refractivity contribution in [2.45, 2.75) is 62.6 Å². The Morgan fingerprint density at radius 1 is 0.872 bits per heavy atom. The highest BCUT2D eigenvalue weighted by Gasteiger charge is 2.35. The van der Waals surface area contributed by atoms with Gasteiger partial charge in [0, 0.05) is 19.0 Å². The number of anilines is 1. The molecule has 1 unspecified atom stereocenters. The molecule has 0 saturated heterocycles. The molecular weight excluding hydrogens is 617 g/mol. The molecule has 4 aromatic carbocycles. The largest absolute Gasteiger partial charge is 0.497 e. The van der Waals surface area contributed by atoms with Crippen LogP contribution in [-0.2, 0) is 32.6 Å². The van der Waals surface area contributed by atoms with Crippen molar-refractivity contribution in [1.29, 1.82) is 0 Å². The fourth-order valence-electron chi connectivity index (χ4n) is 5.82. The van der Waals surface area contributed by atoms with Crippen molar-refractivity contribution in [2.24, 2.45) is 0 Å². The van der Waals surface area contributed by atoms with Gasteiger partial charge in [-0.15, -0.1) is 0 Å². The van der Waals surface area contributed by atoms with E-state index in [0.29, 0.717) is 5.75 Å². The summed E-state index contributed by atoms with van der Waals surface area (Å²) in [6, 6.07) is 27.0. The summed E-state index contributed by atoms with van der Waals surface area (Å²) in [5.74, 6) is -0.939. The maximum Gasteiger partial charge on any atom is 0.264 e. The molecule has 5 rings (SSSR count). The molecule has 0 aliphatic heterocycles. The van der Waals surface area contributed by atoms with E-state index in [1.54, 1.807) is 0 Å². The highest BCUT2D eigenvalue weighted by Crippen LogP contribution is 2.27. The standard InChI is InChI=1S/C37H40FN3O5S/c1-27-12-14-29(15-13-27)25-40(35(24-28-8-4-3-5-9-28)37(43)39-31-10-6-7-11-31)36(42)26-41(32-18-16-30(38)17-19-32)47(44,45)34-22-20-33(46-2)21-23-34/h3-5,8-9,12-23,31,35H,6-7,10-11,24-26H2,1-2H3,(H,39,43). The Hall–Kier alpha value is -4.70. The number of methoxy groups -OCH3 is 1. The summed E-state index contributed by atoms with van der Waals surface area (Å²) in [6.45, 7) is 1.42. The van der Waals surface area contributed by atoms with E-state index in [4.69, 9.17) is 4.74 Å². The van der Waals surface area contributed by atoms with Gasteiger partial charge in [-0.3, -0.25) is 13.9 Å². The van der Waals surface area contributed by atoms with E-state index in [9.17, 15) is 22.4 Å². The van der Waals surface area contributed by atoms with Crippen molar-refractivity contribution in [2.75, 3.05) is 18.0 Å². The molecule has 0 spiro atoms. The molecule has 10 heteroatoms. The summed E-state index contributed by atoms with van der Waals surface area (Å²) < 4.78 is 48.4. The van der Waals surface area contributed by atoms with Crippen molar-refractivity contribution in [1.82, 2.24) is 10.2 Å². The van der Waals surface area contributed by atoms with Crippen molar-refractivity contribution in [3.8, 4) is 5.75 Å². The van der Waals surface area contributed by atoms with Gasteiger partial charge in [0.1, 0.15) is 24.2 Å². The second-order valence-corrected chi connectivity index (χ2v) is 13.7. The molecule has 4 aromatic rings. The smallest absolute Gasteiger partial charge is 0.264 e. The Morgan fingerprint density at radius 3 is 2.13 bits per heavy atom. The average Bonchev–Trinajstić information content (AvgIpc) is 3.60. The molecule has 0 bridgehead atoms. The van der Waals surface area contributed by atoms with Crippen LogP contribution in [0.25, 0.3) is 0 Å². The van der Waals surface area contributed by atoms with E-state index < -0.39 is 34.3 Å². The maximum atomic E-state index is 14.6. The van der Waals surface area contributed by atoms with E-state index in [1.807, 2.05) is 61.5 Å². The number of halogens is 1. The summed E-state index contributed by atoms with van der Waals surface area (Å²) >= 11 is 0. The van der Waals surface area contributed by atoms with Gasteiger partial charge in [0.15, 0.2) is 0 Å². The Morgan fingerprint density at radius 2 is 1.51 bits per heavy atom. The Kier molecular flexibility index (Phi) is 10.9. The quantitative estimate of drug-likeness (QED) is 0.189. The third kappa shape index (κ3) is 8.56. The molecule has 0 aromatic heterocycles. The van der Waals surface area contributed by atoms with Gasteiger partial charge in [0.2, 0.25) is 11.8 Å². The Balaban J connectivity index is 1.55. The number of hydrogen-bond donors (Lipinski definition) is 1. The Bertz CT molecular complexity index is 1740. The molecule has 1 fully saturated rings. The number of benzene rings is 4. The number of sulfonamides is 1. The lowest BCUT2D eigenvalue weighted by atomic mass is 10.0. The molecule has 2 amide bonds. The van der Waals surface area contributed by atoms with Gasteiger partial charge in [0.25, 0.3) is 10.0 Å². The minimum atomic E-state index is -4.32. The SMILES string of the molecule is COc1ccc(S(=O)(=O)N(CC(=O)N(Cc2ccc(C)cc2)C(Cc2ccccc2)C(=O)NC2CCCC2)c2ccc(F)cc2)cc1. The molecule has 246 valence electrons. The van der Waals surface area contributed by atoms with Crippen molar-refractivity contribution in [3.63, 3.8) is 0 Å². The number of nitrogens with zero attached hydrogens (tertiary/aromatic N) is 2. The first-order chi connectivity index (χ1) is 22.6. The van der Waals surface area contributed by atoms with Crippen LogP contribution in [0.3, 0.4) is 0 Å². The van der Waals surface area contributed by atoms with Crippen molar-refractivity contribution in [3.05, 3.63) is 126 Å². The summed E-state index contributed by atoms with van der Waals surface area (Å²) in [4.78, 5) is 30.0. The lowest BCUT2D eigenvalue weighted by Crippen LogP contribution is -2.54. The highest BCUT2D eigenvalue weighted by molar-refractivity contribution is 7.92. The van der Waals surface area contributed by atoms with Gasteiger partial charge >= 0.3 is 0 Å². The molecule has 1 atom stereocenters. The molecule has 0 heterocycles. The van der Waals surface area contributed by atoms with E-state index >= 15 is 0 Å². The molecular formula is C37H40FN3O5S. The fraction of sp³-hybridized carbons (Fsp3) is 0.297. The molecule has 1 aliphatic carbocycles. The van der Waals surface area contributed by atoms with Crippen LogP contribution >= 0.6 is 0 Å². The van der Waals surface area contributed by atoms with Gasteiger partial charge in [-0.05, 0) is 79.4 Å². The van der Waals surface area contributed by atoms with Crippen LogP contribution in [0.5, 0.6) is 5.75 Å². The van der Waals surface area contributed by atoms with Crippen LogP contribution in [0.15, 0.2) is 108 Å². The molecule has 47 heavy (non-hydrogen) atoms. The zero-order valence-electron chi connectivity index (χ0n) is 26.6. The second-order valence-electron chi connectivity index (χ2n) is 11.9. The van der Waals surface area contributed by atoms with E-state index in [0.717, 1.165) is 58.8 Å². The van der Waals surface area contributed by atoms with Crippen LogP contribution in [0, 0.1) is 12.7 Å². The van der Waals surface area contributed by atoms with Gasteiger partial charge in [-0.2, -0.15) is 0 Å². The normalized spacial score (nSPS) is 13.9. The molecule has 0 radical (unpaired) electrons. The van der Waals surface area contributed by atoms with Crippen LogP contribution < -0.4 is 14.4 Å². The van der Waals surface area contributed by atoms with Gasteiger partial charge < -0.3 is 15.0 Å². The van der Waals surface area contributed by atoms with E-state index in [2.05, 4.69) is 5.32 Å². The summed E-state index contributed by atoms with van der Waals surface area (Å²) in [5.41, 5.74) is 2.81. The lowest BCUT2D eigenvalue weighted by molar-refractivity contribution is -0.140. The number of rotatable bonds is 13. The third-order valence-electron chi connectivity index (χ3n) is 8.49. The van der Waals surface area contributed by atoms with E-state index in [1.165, 1.54) is 48.4 Å². The third-order valence-corrected chi connectivity index (χ3v) is 10.3. The fourth-order valence-corrected chi connectivity index (χ4v) is 7.24. The number of carbonyl (C=O) groups excluding carboxylic acids is 2. The molecule has 1 saturated carbocycles. The lowest BCUT2D eigenvalue weighted by Gasteiger charge is -2.34. The number of amides is 2. The van der Waals surface area contributed by atoms with Crippen molar-refractivity contribution >= 4 is 27.5 Å². The summed E-state index contributed by atoms with van der Waals surface area (Å²) in [7, 11) is -2.84. The average molecular weight is 658 g/mol. The zero-order valence-corrected chi connectivity index (χ0v) is 27.5. The number of hydrogen-bond acceptors (Lipinski definition) is 5. The first-order valence-corrected chi connectivity index (χ1v) is 17.2. The Labute approximate surface area is 276 Å². The highest BCUT2D eigenvalue weighted by atomic mass is 32.2. The van der Waals surface area contributed by atoms with E-state index in [-0.39, 0.29) is 35.5 Å². The molecule has 1 aliphatic rings. The first kappa shape index (κ1) is 33.7. The second kappa shape index (κ2) is 15.3. The van der Waals surface area contributed by atoms with Crippen LogP contribution in [-0.4, -0.2) is 50.9 Å². The van der Waals surface area contributed by atoms with Gasteiger partial charge in [-0.25, -0.2) is 12.8 Å². The molecule has 8 nitrogen and oxygen atoms in total. The zero-order chi connectivity index (χ0) is 33.4. The number of carbonyl (C=O) groups is 2. The maximum absolute atomic E-state index is 14.6. The predicted molar refractivity (Wildman–Crippen MR) is 180 cm³/mol. The molecule has 1 N–H and O–H groups in total. The van der Waals surface area contributed by atoms with Crippen molar-refractivity contribution < 1.29 is 27.1 Å². The van der Waals surface area contributed by atoms with Crippen LogP contribution in [0.2, 0.25) is 0 Å². The number of aryl methyl sites for hydroxylation is 1. The predicted octanol–water partition coefficient (Wildman–Crippen LogP) is 6.04. The topological polar surface area (TPSA) is 96.0 Å². The number of ether oxygens (including phenoxy) is 1. The number of nitrogens with one attached hydrogen (secondary N) is 1. The summed E-state index contributed by atoms with van der Waals surface area (Å²) in [5, 5.41) is 3.17. The van der Waals surface area contributed by atoms with Crippen LogP contribution in [0.1, 0.15) is 42.4 Å². The van der Waals surface area contributed by atoms with Gasteiger partial charge in [-0.1, -0.05) is 73.0 Å².